The molecular weight excluding hydrogens is 360 g/mol. The van der Waals surface area contributed by atoms with E-state index in [4.69, 9.17) is 9.47 Å². The van der Waals surface area contributed by atoms with Crippen LogP contribution >= 0.6 is 0 Å². The van der Waals surface area contributed by atoms with Crippen molar-refractivity contribution in [2.75, 3.05) is 0 Å². The maximum Gasteiger partial charge on any atom is 0.314 e. The molecule has 0 saturated heterocycles. The highest BCUT2D eigenvalue weighted by Gasteiger charge is 2.58. The van der Waals surface area contributed by atoms with Gasteiger partial charge in [0.25, 0.3) is 0 Å². The van der Waals surface area contributed by atoms with Gasteiger partial charge in [0.15, 0.2) is 0 Å². The lowest BCUT2D eigenvalue weighted by atomic mass is 9.49. The summed E-state index contributed by atoms with van der Waals surface area (Å²) in [4.78, 5) is 13.8. The van der Waals surface area contributed by atoms with Gasteiger partial charge < -0.3 is 9.47 Å². The maximum absolute atomic E-state index is 13.8. The second-order valence-corrected chi connectivity index (χ2v) is 13.5. The van der Waals surface area contributed by atoms with Crippen LogP contribution in [0, 0.1) is 39.4 Å². The van der Waals surface area contributed by atoms with E-state index in [2.05, 4.69) is 62.3 Å². The van der Waals surface area contributed by atoms with E-state index in [9.17, 15) is 4.79 Å². The van der Waals surface area contributed by atoms with E-state index in [0.29, 0.717) is 0 Å². The van der Waals surface area contributed by atoms with Gasteiger partial charge in [-0.15, -0.1) is 0 Å². The highest BCUT2D eigenvalue weighted by molar-refractivity contribution is 5.77. The number of carbonyl (C=O) groups excluding carboxylic acids is 1. The van der Waals surface area contributed by atoms with Gasteiger partial charge in [-0.1, -0.05) is 41.5 Å². The first kappa shape index (κ1) is 23.1. The molecule has 0 amide bonds. The molecule has 3 nitrogen and oxygen atoms in total. The number of carbonyl (C=O) groups is 1. The zero-order valence-corrected chi connectivity index (χ0v) is 20.6. The Balaban J connectivity index is 1.87. The van der Waals surface area contributed by atoms with Crippen LogP contribution < -0.4 is 0 Å². The SMILES string of the molecule is CC(C)OC(OC(=O)C(C)(CC(C)(C)C)C(C)(C)C)C12CC3CC(CC(C3)C1)C2. The highest BCUT2D eigenvalue weighted by Crippen LogP contribution is 2.62. The van der Waals surface area contributed by atoms with Crippen molar-refractivity contribution in [3.63, 3.8) is 0 Å². The van der Waals surface area contributed by atoms with Gasteiger partial charge >= 0.3 is 5.97 Å². The first-order chi connectivity index (χ1) is 13.1. The Morgan fingerprint density at radius 2 is 1.34 bits per heavy atom. The number of hydrogen-bond donors (Lipinski definition) is 0. The van der Waals surface area contributed by atoms with Crippen molar-refractivity contribution in [1.29, 1.82) is 0 Å². The molecule has 4 rings (SSSR count). The minimum atomic E-state index is -0.549. The molecule has 0 aromatic carbocycles. The molecule has 4 aliphatic carbocycles. The molecule has 2 unspecified atom stereocenters. The van der Waals surface area contributed by atoms with Gasteiger partial charge in [-0.25, -0.2) is 0 Å². The van der Waals surface area contributed by atoms with Crippen LogP contribution in [-0.2, 0) is 14.3 Å². The van der Waals surface area contributed by atoms with Crippen LogP contribution in [0.4, 0.5) is 0 Å². The maximum atomic E-state index is 13.8. The van der Waals surface area contributed by atoms with Crippen LogP contribution in [0.2, 0.25) is 0 Å². The first-order valence-corrected chi connectivity index (χ1v) is 12.0. The summed E-state index contributed by atoms with van der Waals surface area (Å²) in [5.74, 6) is 2.35. The van der Waals surface area contributed by atoms with Crippen LogP contribution in [-0.4, -0.2) is 18.4 Å². The molecule has 0 aromatic heterocycles. The summed E-state index contributed by atoms with van der Waals surface area (Å²) in [5, 5.41) is 0. The van der Waals surface area contributed by atoms with E-state index < -0.39 is 11.7 Å². The van der Waals surface area contributed by atoms with Crippen molar-refractivity contribution in [1.82, 2.24) is 0 Å². The van der Waals surface area contributed by atoms with Gasteiger partial charge in [0.1, 0.15) is 0 Å². The van der Waals surface area contributed by atoms with Crippen molar-refractivity contribution < 1.29 is 14.3 Å². The predicted molar refractivity (Wildman–Crippen MR) is 118 cm³/mol. The quantitative estimate of drug-likeness (QED) is 0.352. The van der Waals surface area contributed by atoms with Crippen LogP contribution in [0.3, 0.4) is 0 Å². The summed E-state index contributed by atoms with van der Waals surface area (Å²) in [7, 11) is 0. The molecule has 0 radical (unpaired) electrons. The van der Waals surface area contributed by atoms with E-state index in [-0.39, 0.29) is 28.3 Å². The van der Waals surface area contributed by atoms with Crippen molar-refractivity contribution in [2.24, 2.45) is 39.4 Å². The van der Waals surface area contributed by atoms with E-state index in [0.717, 1.165) is 24.2 Å². The van der Waals surface area contributed by atoms with Gasteiger partial charge in [-0.05, 0) is 94.3 Å². The topological polar surface area (TPSA) is 35.5 Å². The molecule has 0 N–H and O–H groups in total. The average Bonchev–Trinajstić information content (AvgIpc) is 2.49. The average molecular weight is 407 g/mol. The second kappa shape index (κ2) is 7.53. The number of ether oxygens (including phenoxy) is 2. The van der Waals surface area contributed by atoms with Gasteiger partial charge in [-0.2, -0.15) is 0 Å². The van der Waals surface area contributed by atoms with Gasteiger partial charge in [0.2, 0.25) is 6.29 Å². The third kappa shape index (κ3) is 4.70. The molecule has 168 valence electrons. The highest BCUT2D eigenvalue weighted by atomic mass is 16.7. The Morgan fingerprint density at radius 3 is 1.69 bits per heavy atom. The summed E-state index contributed by atoms with van der Waals surface area (Å²) in [6.07, 6.45) is 8.13. The van der Waals surface area contributed by atoms with Gasteiger partial charge in [0.05, 0.1) is 11.5 Å². The smallest absolute Gasteiger partial charge is 0.314 e. The minimum absolute atomic E-state index is 0.0369. The minimum Gasteiger partial charge on any atom is -0.435 e. The molecule has 4 fully saturated rings. The fourth-order valence-electron chi connectivity index (χ4n) is 6.94. The number of rotatable bonds is 6. The second-order valence-electron chi connectivity index (χ2n) is 13.5. The number of hydrogen-bond acceptors (Lipinski definition) is 3. The summed E-state index contributed by atoms with van der Waals surface area (Å²) < 4.78 is 12.8. The lowest BCUT2D eigenvalue weighted by Crippen LogP contribution is -2.55. The van der Waals surface area contributed by atoms with Crippen molar-refractivity contribution in [3.8, 4) is 0 Å². The molecule has 4 saturated carbocycles. The molecule has 0 spiro atoms. The normalized spacial score (nSPS) is 34.9. The van der Waals surface area contributed by atoms with E-state index in [1.54, 1.807) is 0 Å². The van der Waals surface area contributed by atoms with Crippen LogP contribution in [0.5, 0.6) is 0 Å². The molecule has 2 atom stereocenters. The van der Waals surface area contributed by atoms with Crippen LogP contribution in [0.15, 0.2) is 0 Å². The summed E-state index contributed by atoms with van der Waals surface area (Å²) in [5.41, 5.74) is -0.640. The van der Waals surface area contributed by atoms with Gasteiger partial charge in [0, 0.05) is 5.41 Å². The number of esters is 1. The lowest BCUT2D eigenvalue weighted by Gasteiger charge is -2.58. The summed E-state index contributed by atoms with van der Waals surface area (Å²) in [6.45, 7) is 19.4. The van der Waals surface area contributed by atoms with E-state index in [1.165, 1.54) is 38.5 Å². The Kier molecular flexibility index (Phi) is 6.00. The monoisotopic (exact) mass is 406 g/mol. The van der Waals surface area contributed by atoms with Crippen LogP contribution in [0.1, 0.15) is 107 Å². The fourth-order valence-corrected chi connectivity index (χ4v) is 6.94. The third-order valence-corrected chi connectivity index (χ3v) is 8.19. The molecule has 0 aromatic rings. The van der Waals surface area contributed by atoms with Crippen molar-refractivity contribution >= 4 is 5.97 Å². The first-order valence-electron chi connectivity index (χ1n) is 12.0. The Labute approximate surface area is 179 Å². The van der Waals surface area contributed by atoms with E-state index in [1.807, 2.05) is 0 Å². The largest absolute Gasteiger partial charge is 0.435 e. The lowest BCUT2D eigenvalue weighted by molar-refractivity contribution is -0.262. The zero-order valence-electron chi connectivity index (χ0n) is 20.6. The van der Waals surface area contributed by atoms with Gasteiger partial charge in [-0.3, -0.25) is 4.79 Å². The van der Waals surface area contributed by atoms with E-state index >= 15 is 0 Å². The van der Waals surface area contributed by atoms with Crippen molar-refractivity contribution in [2.45, 2.75) is 120 Å². The third-order valence-electron chi connectivity index (χ3n) is 8.19. The summed E-state index contributed by atoms with van der Waals surface area (Å²) >= 11 is 0. The molecule has 29 heavy (non-hydrogen) atoms. The summed E-state index contributed by atoms with van der Waals surface area (Å²) in [6, 6.07) is 0. The predicted octanol–water partition coefficient (Wildman–Crippen LogP) is 6.99. The standard InChI is InChI=1S/C26H46O3/c1-17(2)28-22(26-13-18-10-19(14-26)12-20(11-18)15-26)29-21(27)25(9,24(6,7)8)16-23(3,4)5/h17-20,22H,10-16H2,1-9H3. The molecule has 0 heterocycles. The molecule has 4 aliphatic rings. The Hall–Kier alpha value is -0.570. The van der Waals surface area contributed by atoms with Crippen LogP contribution in [0.25, 0.3) is 0 Å². The van der Waals surface area contributed by atoms with Crippen molar-refractivity contribution in [3.05, 3.63) is 0 Å². The molecule has 0 aliphatic heterocycles. The molecular formula is C26H46O3. The Bertz CT molecular complexity index is 571. The fraction of sp³-hybridized carbons (Fsp3) is 0.962. The Morgan fingerprint density at radius 1 is 0.897 bits per heavy atom. The molecule has 3 heteroatoms. The zero-order chi connectivity index (χ0) is 21.8. The molecule has 4 bridgehead atoms.